The first kappa shape index (κ1) is 22.8. The number of alkyl halides is 3. The maximum absolute atomic E-state index is 13.1. The van der Waals surface area contributed by atoms with Crippen molar-refractivity contribution < 1.29 is 27.9 Å². The van der Waals surface area contributed by atoms with E-state index in [1.165, 1.54) is 0 Å². The highest BCUT2D eigenvalue weighted by atomic mass is 19.4. The van der Waals surface area contributed by atoms with E-state index in [2.05, 4.69) is 20.6 Å². The average Bonchev–Trinajstić information content (AvgIpc) is 3.45. The standard InChI is InChI=1S/C22H24F3N5O3/c1-21(33,22(23,24)25)20(32)29-15-4-2-14(3-5-15)28-19(31)17-11-16(30-9-8-26-12-30)10-13-6-7-27-18(13)17/h6-12,14-15,27,33H,2-5H2,1H3,(H,28,31)(H,29,32). The van der Waals surface area contributed by atoms with Crippen LogP contribution >= 0.6 is 0 Å². The van der Waals surface area contributed by atoms with Crippen molar-refractivity contribution in [3.05, 3.63) is 48.7 Å². The minimum Gasteiger partial charge on any atom is -0.373 e. The summed E-state index contributed by atoms with van der Waals surface area (Å²) in [6, 6.07) is 4.89. The predicted octanol–water partition coefficient (Wildman–Crippen LogP) is 2.82. The zero-order valence-electron chi connectivity index (χ0n) is 17.8. The highest BCUT2D eigenvalue weighted by molar-refractivity contribution is 6.06. The number of fused-ring (bicyclic) bond motifs is 1. The maximum atomic E-state index is 13.1. The topological polar surface area (TPSA) is 112 Å². The van der Waals surface area contributed by atoms with Crippen molar-refractivity contribution in [2.75, 3.05) is 0 Å². The molecule has 0 radical (unpaired) electrons. The Kier molecular flexibility index (Phi) is 5.91. The van der Waals surface area contributed by atoms with E-state index in [1.807, 2.05) is 12.1 Å². The summed E-state index contributed by atoms with van der Waals surface area (Å²) < 4.78 is 40.3. The molecule has 0 saturated heterocycles. The van der Waals surface area contributed by atoms with Crippen molar-refractivity contribution in [2.45, 2.75) is 56.5 Å². The number of imidazole rings is 1. The maximum Gasteiger partial charge on any atom is 0.426 e. The van der Waals surface area contributed by atoms with Crippen LogP contribution in [-0.2, 0) is 4.79 Å². The summed E-state index contributed by atoms with van der Waals surface area (Å²) in [6.45, 7) is 0.438. The molecule has 4 rings (SSSR count). The quantitative estimate of drug-likeness (QED) is 0.466. The average molecular weight is 463 g/mol. The largest absolute Gasteiger partial charge is 0.426 e. The van der Waals surface area contributed by atoms with Crippen LogP contribution in [0.15, 0.2) is 43.1 Å². The fraction of sp³-hybridized carbons (Fsp3) is 0.409. The van der Waals surface area contributed by atoms with Gasteiger partial charge in [0.25, 0.3) is 11.8 Å². The van der Waals surface area contributed by atoms with Gasteiger partial charge in [-0.2, -0.15) is 13.2 Å². The monoisotopic (exact) mass is 463 g/mol. The molecule has 1 fully saturated rings. The number of carbonyl (C=O) groups is 2. The van der Waals surface area contributed by atoms with Gasteiger partial charge >= 0.3 is 6.18 Å². The summed E-state index contributed by atoms with van der Waals surface area (Å²) in [5.74, 6) is -1.73. The van der Waals surface area contributed by atoms with E-state index in [0.29, 0.717) is 43.7 Å². The van der Waals surface area contributed by atoms with E-state index in [0.717, 1.165) is 11.1 Å². The number of benzene rings is 1. The Morgan fingerprint density at radius 2 is 1.82 bits per heavy atom. The number of aromatic amines is 1. The van der Waals surface area contributed by atoms with E-state index in [-0.39, 0.29) is 11.9 Å². The molecule has 3 aromatic rings. The van der Waals surface area contributed by atoms with E-state index in [4.69, 9.17) is 0 Å². The van der Waals surface area contributed by atoms with Crippen molar-refractivity contribution in [1.29, 1.82) is 0 Å². The van der Waals surface area contributed by atoms with E-state index < -0.39 is 23.7 Å². The van der Waals surface area contributed by atoms with Crippen LogP contribution in [0.4, 0.5) is 13.2 Å². The smallest absolute Gasteiger partial charge is 0.373 e. The molecule has 1 aliphatic rings. The molecule has 33 heavy (non-hydrogen) atoms. The molecule has 4 N–H and O–H groups in total. The van der Waals surface area contributed by atoms with Gasteiger partial charge in [-0.25, -0.2) is 4.98 Å². The molecule has 2 amide bonds. The number of hydrogen-bond acceptors (Lipinski definition) is 4. The van der Waals surface area contributed by atoms with Crippen LogP contribution in [-0.4, -0.2) is 55.3 Å². The lowest BCUT2D eigenvalue weighted by atomic mass is 9.90. The summed E-state index contributed by atoms with van der Waals surface area (Å²) in [4.78, 5) is 32.1. The molecule has 8 nitrogen and oxygen atoms in total. The van der Waals surface area contributed by atoms with Gasteiger partial charge in [-0.15, -0.1) is 0 Å². The SMILES string of the molecule is CC(O)(C(=O)NC1CCC(NC(=O)c2cc(-n3ccnc3)cc3cc[nH]c23)CC1)C(F)(F)F. The number of hydrogen-bond donors (Lipinski definition) is 4. The van der Waals surface area contributed by atoms with Gasteiger partial charge in [0, 0.05) is 41.7 Å². The number of amides is 2. The number of nitrogens with zero attached hydrogens (tertiary/aromatic N) is 2. The Hall–Kier alpha value is -3.34. The van der Waals surface area contributed by atoms with Crippen molar-refractivity contribution in [3.63, 3.8) is 0 Å². The minimum atomic E-state index is -5.06. The van der Waals surface area contributed by atoms with Crippen LogP contribution in [0.2, 0.25) is 0 Å². The van der Waals surface area contributed by atoms with Crippen LogP contribution in [0, 0.1) is 0 Å². The van der Waals surface area contributed by atoms with E-state index >= 15 is 0 Å². The van der Waals surface area contributed by atoms with E-state index in [9.17, 15) is 27.9 Å². The molecule has 1 unspecified atom stereocenters. The predicted molar refractivity (Wildman–Crippen MR) is 114 cm³/mol. The number of aromatic nitrogens is 3. The van der Waals surface area contributed by atoms with Crippen LogP contribution in [0.3, 0.4) is 0 Å². The molecule has 0 bridgehead atoms. The van der Waals surface area contributed by atoms with Crippen molar-refractivity contribution >= 4 is 22.7 Å². The van der Waals surface area contributed by atoms with Gasteiger partial charge in [0.15, 0.2) is 0 Å². The molecule has 1 aromatic carbocycles. The third-order valence-corrected chi connectivity index (χ3v) is 6.08. The molecular weight excluding hydrogens is 439 g/mol. The van der Waals surface area contributed by atoms with Crippen LogP contribution in [0.5, 0.6) is 0 Å². The Morgan fingerprint density at radius 1 is 1.15 bits per heavy atom. The number of H-pyrrole nitrogens is 1. The first-order valence-corrected chi connectivity index (χ1v) is 10.6. The van der Waals surface area contributed by atoms with Gasteiger partial charge in [0.2, 0.25) is 5.60 Å². The molecule has 0 spiro atoms. The summed E-state index contributed by atoms with van der Waals surface area (Å²) in [5, 5.41) is 15.6. The van der Waals surface area contributed by atoms with Gasteiger partial charge in [-0.1, -0.05) is 0 Å². The lowest BCUT2D eigenvalue weighted by molar-refractivity contribution is -0.245. The lowest BCUT2D eigenvalue weighted by Crippen LogP contribution is -2.57. The molecule has 1 atom stereocenters. The van der Waals surface area contributed by atoms with Crippen LogP contribution in [0.25, 0.3) is 16.6 Å². The molecule has 1 saturated carbocycles. The fourth-order valence-electron chi connectivity index (χ4n) is 4.00. The lowest BCUT2D eigenvalue weighted by Gasteiger charge is -2.32. The van der Waals surface area contributed by atoms with Crippen molar-refractivity contribution in [3.8, 4) is 5.69 Å². The summed E-state index contributed by atoms with van der Waals surface area (Å²) >= 11 is 0. The Labute approximate surface area is 187 Å². The van der Waals surface area contributed by atoms with Crippen LogP contribution < -0.4 is 10.6 Å². The molecular formula is C22H24F3N5O3. The summed E-state index contributed by atoms with van der Waals surface area (Å²) in [6.07, 6.45) is 3.50. The van der Waals surface area contributed by atoms with E-state index in [1.54, 1.807) is 35.6 Å². The number of halogens is 3. The second-order valence-corrected chi connectivity index (χ2v) is 8.47. The number of rotatable bonds is 5. The summed E-state index contributed by atoms with van der Waals surface area (Å²) in [7, 11) is 0. The van der Waals surface area contributed by atoms with Gasteiger partial charge in [0.1, 0.15) is 0 Å². The molecule has 0 aliphatic heterocycles. The zero-order chi connectivity index (χ0) is 23.8. The third-order valence-electron chi connectivity index (χ3n) is 6.08. The van der Waals surface area contributed by atoms with Crippen molar-refractivity contribution in [2.24, 2.45) is 0 Å². The number of carbonyl (C=O) groups excluding carboxylic acids is 2. The molecule has 11 heteroatoms. The Morgan fingerprint density at radius 3 is 2.42 bits per heavy atom. The Bertz CT molecular complexity index is 1150. The second-order valence-electron chi connectivity index (χ2n) is 8.47. The van der Waals surface area contributed by atoms with Gasteiger partial charge in [-0.05, 0) is 50.8 Å². The Balaban J connectivity index is 1.40. The first-order valence-electron chi connectivity index (χ1n) is 10.6. The number of nitrogens with one attached hydrogen (secondary N) is 3. The normalized spacial score (nSPS) is 20.9. The minimum absolute atomic E-state index is 0.185. The van der Waals surface area contributed by atoms with Crippen molar-refractivity contribution in [1.82, 2.24) is 25.2 Å². The fourth-order valence-corrected chi connectivity index (χ4v) is 4.00. The summed E-state index contributed by atoms with van der Waals surface area (Å²) in [5.41, 5.74) is -1.49. The molecule has 1 aliphatic carbocycles. The highest BCUT2D eigenvalue weighted by Gasteiger charge is 2.56. The van der Waals surface area contributed by atoms with Gasteiger partial charge < -0.3 is 25.3 Å². The molecule has 2 aromatic heterocycles. The van der Waals surface area contributed by atoms with Gasteiger partial charge in [-0.3, -0.25) is 9.59 Å². The molecule has 2 heterocycles. The first-order chi connectivity index (χ1) is 15.6. The van der Waals surface area contributed by atoms with Crippen LogP contribution in [0.1, 0.15) is 43.0 Å². The van der Waals surface area contributed by atoms with Gasteiger partial charge in [0.05, 0.1) is 17.4 Å². The zero-order valence-corrected chi connectivity index (χ0v) is 17.8. The second kappa shape index (κ2) is 8.54. The third kappa shape index (κ3) is 4.58. The highest BCUT2D eigenvalue weighted by Crippen LogP contribution is 2.31. The molecule has 176 valence electrons. The number of aliphatic hydroxyl groups is 1.